The molecular weight excluding hydrogens is 232 g/mol. The summed E-state index contributed by atoms with van der Waals surface area (Å²) in [7, 11) is 0. The van der Waals surface area contributed by atoms with Crippen LogP contribution in [0.15, 0.2) is 0 Å². The maximum Gasteiger partial charge on any atom is 0.0678 e. The third-order valence-corrected chi connectivity index (χ3v) is 6.20. The van der Waals surface area contributed by atoms with E-state index in [9.17, 15) is 5.11 Å². The van der Waals surface area contributed by atoms with Crippen molar-refractivity contribution >= 4 is 0 Å². The first kappa shape index (κ1) is 15.4. The second-order valence-electron chi connectivity index (χ2n) is 7.60. The Hall–Kier alpha value is -0.0400. The van der Waals surface area contributed by atoms with E-state index in [1.807, 2.05) is 0 Å². The lowest BCUT2D eigenvalue weighted by atomic mass is 9.66. The van der Waals surface area contributed by atoms with E-state index in [0.717, 1.165) is 30.6 Å². The van der Waals surface area contributed by atoms with Crippen molar-refractivity contribution in [3.63, 3.8) is 0 Å². The molecule has 0 saturated heterocycles. The Morgan fingerprint density at radius 2 is 1.74 bits per heavy atom. The molecule has 112 valence electrons. The lowest BCUT2D eigenvalue weighted by molar-refractivity contribution is -0.0699. The molecule has 2 aliphatic rings. The summed E-state index contributed by atoms with van der Waals surface area (Å²) >= 11 is 0. The third kappa shape index (κ3) is 3.54. The Kier molecular flexibility index (Phi) is 5.34. The van der Waals surface area contributed by atoms with Gasteiger partial charge in [0.25, 0.3) is 0 Å². The van der Waals surface area contributed by atoms with Gasteiger partial charge in [0.1, 0.15) is 0 Å². The van der Waals surface area contributed by atoms with Crippen LogP contribution >= 0.6 is 0 Å². The van der Waals surface area contributed by atoms with E-state index in [2.05, 4.69) is 20.8 Å². The second-order valence-corrected chi connectivity index (χ2v) is 7.60. The predicted octanol–water partition coefficient (Wildman–Crippen LogP) is 5.17. The molecule has 0 heterocycles. The van der Waals surface area contributed by atoms with Crippen LogP contribution in [0, 0.1) is 23.7 Å². The minimum absolute atomic E-state index is 0.329. The van der Waals surface area contributed by atoms with Gasteiger partial charge in [0, 0.05) is 0 Å². The van der Waals surface area contributed by atoms with Gasteiger partial charge in [0.15, 0.2) is 0 Å². The SMILES string of the molecule is CCC1CCCCC1C1(O)CCCC(C(C)C)CC1. The summed E-state index contributed by atoms with van der Waals surface area (Å²) in [6, 6.07) is 0. The molecule has 0 aromatic rings. The van der Waals surface area contributed by atoms with Crippen LogP contribution in [-0.2, 0) is 0 Å². The quantitative estimate of drug-likeness (QED) is 0.699. The fraction of sp³-hybridized carbons (Fsp3) is 1.00. The fourth-order valence-corrected chi connectivity index (χ4v) is 4.82. The average molecular weight is 266 g/mol. The standard InChI is InChI=1S/C18H34O/c1-4-15-8-5-6-10-17(15)18(19)12-7-9-16(11-13-18)14(2)3/h14-17,19H,4-13H2,1-3H3. The highest BCUT2D eigenvalue weighted by Crippen LogP contribution is 2.46. The first-order chi connectivity index (χ1) is 9.07. The molecule has 2 rings (SSSR count). The van der Waals surface area contributed by atoms with Crippen molar-refractivity contribution in [3.8, 4) is 0 Å². The van der Waals surface area contributed by atoms with Gasteiger partial charge in [-0.1, -0.05) is 59.3 Å². The zero-order valence-corrected chi connectivity index (χ0v) is 13.3. The van der Waals surface area contributed by atoms with Crippen LogP contribution < -0.4 is 0 Å². The van der Waals surface area contributed by atoms with Gasteiger partial charge >= 0.3 is 0 Å². The molecule has 0 aromatic carbocycles. The molecule has 19 heavy (non-hydrogen) atoms. The summed E-state index contributed by atoms with van der Waals surface area (Å²) in [5.41, 5.74) is -0.329. The van der Waals surface area contributed by atoms with Gasteiger partial charge in [-0.3, -0.25) is 0 Å². The lowest BCUT2D eigenvalue weighted by Gasteiger charge is -2.43. The Morgan fingerprint density at radius 1 is 1.00 bits per heavy atom. The summed E-state index contributed by atoms with van der Waals surface area (Å²) in [5, 5.41) is 11.3. The first-order valence-electron chi connectivity index (χ1n) is 8.79. The van der Waals surface area contributed by atoms with Gasteiger partial charge in [-0.05, 0) is 49.4 Å². The van der Waals surface area contributed by atoms with Crippen LogP contribution in [-0.4, -0.2) is 10.7 Å². The van der Waals surface area contributed by atoms with Crippen molar-refractivity contribution in [3.05, 3.63) is 0 Å². The van der Waals surface area contributed by atoms with Gasteiger partial charge in [-0.15, -0.1) is 0 Å². The number of aliphatic hydroxyl groups is 1. The average Bonchev–Trinajstić information content (AvgIpc) is 2.62. The van der Waals surface area contributed by atoms with E-state index in [0.29, 0.717) is 5.92 Å². The van der Waals surface area contributed by atoms with Gasteiger partial charge in [0.2, 0.25) is 0 Å². The van der Waals surface area contributed by atoms with E-state index >= 15 is 0 Å². The molecule has 2 fully saturated rings. The molecule has 0 spiro atoms. The molecule has 0 aliphatic heterocycles. The molecule has 2 saturated carbocycles. The zero-order chi connectivity index (χ0) is 13.9. The minimum Gasteiger partial charge on any atom is -0.390 e. The Bertz CT molecular complexity index is 273. The van der Waals surface area contributed by atoms with Crippen molar-refractivity contribution in [1.29, 1.82) is 0 Å². The number of hydrogen-bond donors (Lipinski definition) is 1. The van der Waals surface area contributed by atoms with Gasteiger partial charge < -0.3 is 5.11 Å². The molecule has 1 nitrogen and oxygen atoms in total. The Morgan fingerprint density at radius 3 is 2.42 bits per heavy atom. The number of rotatable bonds is 3. The highest BCUT2D eigenvalue weighted by Gasteiger charge is 2.42. The lowest BCUT2D eigenvalue weighted by Crippen LogP contribution is -2.43. The van der Waals surface area contributed by atoms with E-state index in [-0.39, 0.29) is 5.60 Å². The van der Waals surface area contributed by atoms with Crippen molar-refractivity contribution in [2.24, 2.45) is 23.7 Å². The normalized spacial score (nSPS) is 41.2. The molecule has 1 heteroatoms. The fourth-order valence-electron chi connectivity index (χ4n) is 4.82. The van der Waals surface area contributed by atoms with Crippen LogP contribution in [0.4, 0.5) is 0 Å². The monoisotopic (exact) mass is 266 g/mol. The molecule has 0 bridgehead atoms. The number of hydrogen-bond acceptors (Lipinski definition) is 1. The summed E-state index contributed by atoms with van der Waals surface area (Å²) in [6.07, 6.45) is 12.6. The van der Waals surface area contributed by atoms with E-state index < -0.39 is 0 Å². The minimum atomic E-state index is -0.329. The summed E-state index contributed by atoms with van der Waals surface area (Å²) in [4.78, 5) is 0. The van der Waals surface area contributed by atoms with E-state index in [4.69, 9.17) is 0 Å². The topological polar surface area (TPSA) is 20.2 Å². The van der Waals surface area contributed by atoms with Crippen LogP contribution in [0.3, 0.4) is 0 Å². The smallest absolute Gasteiger partial charge is 0.0678 e. The van der Waals surface area contributed by atoms with Gasteiger partial charge in [-0.2, -0.15) is 0 Å². The van der Waals surface area contributed by atoms with Crippen LogP contribution in [0.5, 0.6) is 0 Å². The summed E-state index contributed by atoms with van der Waals surface area (Å²) in [5.74, 6) is 3.01. The van der Waals surface area contributed by atoms with Crippen LogP contribution in [0.1, 0.15) is 85.0 Å². The summed E-state index contributed by atoms with van der Waals surface area (Å²) in [6.45, 7) is 7.02. The van der Waals surface area contributed by atoms with E-state index in [1.54, 1.807) is 0 Å². The first-order valence-corrected chi connectivity index (χ1v) is 8.79. The molecular formula is C18H34O. The largest absolute Gasteiger partial charge is 0.390 e. The zero-order valence-electron chi connectivity index (χ0n) is 13.3. The van der Waals surface area contributed by atoms with Crippen LogP contribution in [0.2, 0.25) is 0 Å². The van der Waals surface area contributed by atoms with Gasteiger partial charge in [0.05, 0.1) is 5.60 Å². The maximum absolute atomic E-state index is 11.3. The predicted molar refractivity (Wildman–Crippen MR) is 82.1 cm³/mol. The highest BCUT2D eigenvalue weighted by atomic mass is 16.3. The molecule has 1 N–H and O–H groups in total. The maximum atomic E-state index is 11.3. The van der Waals surface area contributed by atoms with Crippen LogP contribution in [0.25, 0.3) is 0 Å². The molecule has 2 aliphatic carbocycles. The van der Waals surface area contributed by atoms with Crippen molar-refractivity contribution in [2.45, 2.75) is 90.6 Å². The molecule has 0 aromatic heterocycles. The van der Waals surface area contributed by atoms with Crippen molar-refractivity contribution < 1.29 is 5.11 Å². The summed E-state index contributed by atoms with van der Waals surface area (Å²) < 4.78 is 0. The molecule has 4 atom stereocenters. The molecule has 0 radical (unpaired) electrons. The Labute approximate surface area is 120 Å². The van der Waals surface area contributed by atoms with Crippen molar-refractivity contribution in [2.75, 3.05) is 0 Å². The highest BCUT2D eigenvalue weighted by molar-refractivity contribution is 4.94. The molecule has 4 unspecified atom stereocenters. The van der Waals surface area contributed by atoms with Crippen molar-refractivity contribution in [1.82, 2.24) is 0 Å². The Balaban J connectivity index is 2.04. The van der Waals surface area contributed by atoms with Gasteiger partial charge in [-0.25, -0.2) is 0 Å². The van der Waals surface area contributed by atoms with E-state index in [1.165, 1.54) is 51.4 Å². The second kappa shape index (κ2) is 6.61. The third-order valence-electron chi connectivity index (χ3n) is 6.20. The molecule has 0 amide bonds.